The zero-order valence-electron chi connectivity index (χ0n) is 20.0. The molecular formula is C27H32N2O5. The van der Waals surface area contributed by atoms with Crippen molar-refractivity contribution in [3.8, 4) is 11.5 Å². The lowest BCUT2D eigenvalue weighted by molar-refractivity contribution is -0.151. The van der Waals surface area contributed by atoms with Crippen molar-refractivity contribution in [1.29, 1.82) is 0 Å². The van der Waals surface area contributed by atoms with Gasteiger partial charge in [-0.05, 0) is 49.1 Å². The molecule has 1 fully saturated rings. The number of likely N-dealkylation sites (tertiary alicyclic amines) is 1. The quantitative estimate of drug-likeness (QED) is 0.496. The molecule has 2 aromatic carbocycles. The molecule has 3 aromatic rings. The van der Waals surface area contributed by atoms with Crippen molar-refractivity contribution in [1.82, 2.24) is 9.88 Å². The molecule has 2 unspecified atom stereocenters. The van der Waals surface area contributed by atoms with Crippen LogP contribution in [-0.2, 0) is 14.3 Å². The summed E-state index contributed by atoms with van der Waals surface area (Å²) in [6.07, 6.45) is 3.82. The highest BCUT2D eigenvalue weighted by Gasteiger charge is 2.31. The molecule has 1 aliphatic rings. The Morgan fingerprint density at radius 2 is 1.91 bits per heavy atom. The first-order chi connectivity index (χ1) is 16.5. The van der Waals surface area contributed by atoms with Crippen molar-refractivity contribution in [2.24, 2.45) is 5.92 Å². The summed E-state index contributed by atoms with van der Waals surface area (Å²) < 4.78 is 16.2. The monoisotopic (exact) mass is 464 g/mol. The lowest BCUT2D eigenvalue weighted by Gasteiger charge is -2.32. The molecule has 7 nitrogen and oxygen atoms in total. The van der Waals surface area contributed by atoms with Crippen LogP contribution < -0.4 is 9.47 Å². The Labute approximate surface area is 200 Å². The molecule has 2 atom stereocenters. The average Bonchev–Trinajstić information content (AvgIpc) is 3.31. The van der Waals surface area contributed by atoms with E-state index in [4.69, 9.17) is 14.2 Å². The number of nitrogens with zero attached hydrogens (tertiary/aromatic N) is 1. The molecule has 1 N–H and O–H groups in total. The first-order valence-corrected chi connectivity index (χ1v) is 11.8. The number of carbonyl (C=O) groups is 2. The van der Waals surface area contributed by atoms with E-state index in [1.165, 1.54) is 0 Å². The summed E-state index contributed by atoms with van der Waals surface area (Å²) >= 11 is 0. The number of rotatable bonds is 8. The van der Waals surface area contributed by atoms with Crippen molar-refractivity contribution in [2.75, 3.05) is 33.9 Å². The molecule has 4 rings (SSSR count). The molecule has 34 heavy (non-hydrogen) atoms. The van der Waals surface area contributed by atoms with Crippen molar-refractivity contribution < 1.29 is 23.8 Å². The van der Waals surface area contributed by atoms with Crippen LogP contribution in [0.4, 0.5) is 0 Å². The zero-order valence-corrected chi connectivity index (χ0v) is 20.0. The van der Waals surface area contributed by atoms with E-state index in [0.717, 1.165) is 34.9 Å². The minimum absolute atomic E-state index is 0.0269. The molecule has 1 aromatic heterocycles. The summed E-state index contributed by atoms with van der Waals surface area (Å²) in [7, 11) is 3.21. The van der Waals surface area contributed by atoms with Gasteiger partial charge >= 0.3 is 5.97 Å². The third-order valence-electron chi connectivity index (χ3n) is 6.58. The average molecular weight is 465 g/mol. The number of esters is 1. The van der Waals surface area contributed by atoms with E-state index in [9.17, 15) is 9.59 Å². The van der Waals surface area contributed by atoms with E-state index < -0.39 is 0 Å². The summed E-state index contributed by atoms with van der Waals surface area (Å²) in [5.74, 6) is 0.630. The van der Waals surface area contributed by atoms with E-state index in [-0.39, 0.29) is 30.1 Å². The van der Waals surface area contributed by atoms with Gasteiger partial charge in [-0.3, -0.25) is 9.59 Å². The smallest absolute Gasteiger partial charge is 0.310 e. The molecule has 0 bridgehead atoms. The second-order valence-corrected chi connectivity index (χ2v) is 8.59. The number of H-pyrrole nitrogens is 1. The van der Waals surface area contributed by atoms with Crippen LogP contribution in [0.3, 0.4) is 0 Å². The SMILES string of the molecule is CCOC(=O)C1CCCN(C(=O)CC(c2ccc(OC)c(OC)c2)c2c[nH]c3ccccc23)C1. The van der Waals surface area contributed by atoms with Crippen molar-refractivity contribution in [3.05, 3.63) is 59.8 Å². The van der Waals surface area contributed by atoms with Crippen molar-refractivity contribution in [3.63, 3.8) is 0 Å². The van der Waals surface area contributed by atoms with E-state index in [0.29, 0.717) is 31.2 Å². The number of aromatic nitrogens is 1. The van der Waals surface area contributed by atoms with Crippen LogP contribution in [0.2, 0.25) is 0 Å². The third kappa shape index (κ3) is 4.88. The normalized spacial score (nSPS) is 16.8. The maximum Gasteiger partial charge on any atom is 0.310 e. The van der Waals surface area contributed by atoms with Gasteiger partial charge in [0.05, 0.1) is 26.7 Å². The predicted octanol–water partition coefficient (Wildman–Crippen LogP) is 4.51. The molecule has 0 spiro atoms. The minimum Gasteiger partial charge on any atom is -0.493 e. The molecule has 0 saturated carbocycles. The number of aromatic amines is 1. The van der Waals surface area contributed by atoms with Crippen LogP contribution >= 0.6 is 0 Å². The number of amides is 1. The van der Waals surface area contributed by atoms with Crippen LogP contribution in [0, 0.1) is 5.92 Å². The summed E-state index contributed by atoms with van der Waals surface area (Å²) in [6, 6.07) is 13.9. The van der Waals surface area contributed by atoms with Gasteiger partial charge in [-0.15, -0.1) is 0 Å². The van der Waals surface area contributed by atoms with Crippen LogP contribution in [0.5, 0.6) is 11.5 Å². The number of carbonyl (C=O) groups excluding carboxylic acids is 2. The number of benzene rings is 2. The van der Waals surface area contributed by atoms with E-state index in [1.54, 1.807) is 21.1 Å². The fourth-order valence-electron chi connectivity index (χ4n) is 4.82. The number of nitrogens with one attached hydrogen (secondary N) is 1. The molecule has 7 heteroatoms. The van der Waals surface area contributed by atoms with Gasteiger partial charge in [0, 0.05) is 42.5 Å². The van der Waals surface area contributed by atoms with Gasteiger partial charge in [0.1, 0.15) is 0 Å². The number of methoxy groups -OCH3 is 2. The van der Waals surface area contributed by atoms with E-state index >= 15 is 0 Å². The van der Waals surface area contributed by atoms with Crippen LogP contribution in [0.15, 0.2) is 48.7 Å². The van der Waals surface area contributed by atoms with Gasteiger partial charge in [-0.1, -0.05) is 24.3 Å². The van der Waals surface area contributed by atoms with Gasteiger partial charge in [-0.2, -0.15) is 0 Å². The molecule has 2 heterocycles. The van der Waals surface area contributed by atoms with Gasteiger partial charge in [0.25, 0.3) is 0 Å². The van der Waals surface area contributed by atoms with Crippen LogP contribution in [0.1, 0.15) is 43.2 Å². The standard InChI is InChI=1S/C27H32N2O5/c1-4-34-27(31)19-8-7-13-29(17-19)26(30)15-21(18-11-12-24(32-2)25(14-18)33-3)22-16-28-23-10-6-5-9-20(22)23/h5-6,9-12,14,16,19,21,28H,4,7-8,13,15,17H2,1-3H3. The summed E-state index contributed by atoms with van der Waals surface area (Å²) in [6.45, 7) is 3.22. The Morgan fingerprint density at radius 1 is 1.12 bits per heavy atom. The van der Waals surface area contributed by atoms with E-state index in [1.807, 2.05) is 47.5 Å². The lowest BCUT2D eigenvalue weighted by atomic mass is 9.87. The number of ether oxygens (including phenoxy) is 3. The lowest BCUT2D eigenvalue weighted by Crippen LogP contribution is -2.43. The fraction of sp³-hybridized carbons (Fsp3) is 0.407. The Morgan fingerprint density at radius 3 is 2.68 bits per heavy atom. The van der Waals surface area contributed by atoms with Gasteiger partial charge in [-0.25, -0.2) is 0 Å². The highest BCUT2D eigenvalue weighted by molar-refractivity contribution is 5.86. The summed E-state index contributed by atoms with van der Waals surface area (Å²) in [5, 5.41) is 1.08. The molecule has 0 radical (unpaired) electrons. The second-order valence-electron chi connectivity index (χ2n) is 8.59. The molecule has 180 valence electrons. The largest absolute Gasteiger partial charge is 0.493 e. The number of hydrogen-bond acceptors (Lipinski definition) is 5. The maximum absolute atomic E-state index is 13.5. The third-order valence-corrected chi connectivity index (χ3v) is 6.58. The molecular weight excluding hydrogens is 432 g/mol. The maximum atomic E-state index is 13.5. The molecule has 1 saturated heterocycles. The molecule has 0 aliphatic carbocycles. The molecule has 1 amide bonds. The topological polar surface area (TPSA) is 80.9 Å². The van der Waals surface area contributed by atoms with E-state index in [2.05, 4.69) is 11.1 Å². The van der Waals surface area contributed by atoms with Crippen molar-refractivity contribution >= 4 is 22.8 Å². The predicted molar refractivity (Wildman–Crippen MR) is 130 cm³/mol. The van der Waals surface area contributed by atoms with Gasteiger partial charge in [0.15, 0.2) is 11.5 Å². The van der Waals surface area contributed by atoms with Crippen molar-refractivity contribution in [2.45, 2.75) is 32.1 Å². The van der Waals surface area contributed by atoms with Crippen LogP contribution in [0.25, 0.3) is 10.9 Å². The molecule has 1 aliphatic heterocycles. The number of fused-ring (bicyclic) bond motifs is 1. The zero-order chi connectivity index (χ0) is 24.1. The highest BCUT2D eigenvalue weighted by atomic mass is 16.5. The number of hydrogen-bond donors (Lipinski definition) is 1. The van der Waals surface area contributed by atoms with Crippen LogP contribution in [-0.4, -0.2) is 55.7 Å². The Kier molecular flexibility index (Phi) is 7.40. The van der Waals surface area contributed by atoms with Gasteiger partial charge < -0.3 is 24.1 Å². The van der Waals surface area contributed by atoms with Gasteiger partial charge in [0.2, 0.25) is 5.91 Å². The number of para-hydroxylation sites is 1. The summed E-state index contributed by atoms with van der Waals surface area (Å²) in [5.41, 5.74) is 3.04. The minimum atomic E-state index is -0.259. The Bertz CT molecular complexity index is 1150. The Hall–Kier alpha value is -3.48. The first-order valence-electron chi connectivity index (χ1n) is 11.8. The fourth-order valence-corrected chi connectivity index (χ4v) is 4.82. The summed E-state index contributed by atoms with van der Waals surface area (Å²) in [4.78, 5) is 31.0. The first kappa shape index (κ1) is 23.7. The highest BCUT2D eigenvalue weighted by Crippen LogP contribution is 2.38. The second kappa shape index (κ2) is 10.6. The number of piperidine rings is 1. The Balaban J connectivity index is 1.65.